The molecule has 23 heavy (non-hydrogen) atoms. The Morgan fingerprint density at radius 3 is 2.70 bits per heavy atom. The number of nitrogens with two attached hydrogens (primary N) is 1. The molecule has 6 nitrogen and oxygen atoms in total. The molecule has 1 unspecified atom stereocenters. The van der Waals surface area contributed by atoms with Gasteiger partial charge < -0.3 is 9.80 Å². The Morgan fingerprint density at radius 1 is 1.35 bits per heavy atom. The summed E-state index contributed by atoms with van der Waals surface area (Å²) in [4.78, 5) is 16.1. The summed E-state index contributed by atoms with van der Waals surface area (Å²) in [5.41, 5.74) is 1.22. The largest absolute Gasteiger partial charge is 0.371 e. The Balaban J connectivity index is 1.75. The highest BCUT2D eigenvalue weighted by Crippen LogP contribution is 2.24. The van der Waals surface area contributed by atoms with Crippen LogP contribution >= 0.6 is 0 Å². The zero-order valence-electron chi connectivity index (χ0n) is 13.5. The number of benzene rings is 1. The lowest BCUT2D eigenvalue weighted by molar-refractivity contribution is -0.130. The van der Waals surface area contributed by atoms with Crippen LogP contribution in [0.1, 0.15) is 19.3 Å². The predicted octanol–water partition coefficient (Wildman–Crippen LogP) is 1.04. The molecule has 128 valence electrons. The van der Waals surface area contributed by atoms with Gasteiger partial charge in [-0.05, 0) is 30.9 Å². The number of hydrogen-bond donors (Lipinski definition) is 1. The summed E-state index contributed by atoms with van der Waals surface area (Å²) >= 11 is 0. The minimum absolute atomic E-state index is 0.0215. The van der Waals surface area contributed by atoms with Gasteiger partial charge in [-0.15, -0.1) is 0 Å². The molecule has 0 bridgehead atoms. The lowest BCUT2D eigenvalue weighted by Crippen LogP contribution is -2.33. The summed E-state index contributed by atoms with van der Waals surface area (Å²) in [6.45, 7) is 2.65. The highest BCUT2D eigenvalue weighted by molar-refractivity contribution is 7.89. The first-order valence-corrected chi connectivity index (χ1v) is 9.61. The van der Waals surface area contributed by atoms with E-state index in [1.54, 1.807) is 11.9 Å². The SMILES string of the molecule is CN(CC1CCN(c2ccccc2)C1)C(=O)CCCS(N)(=O)=O. The molecule has 1 aliphatic heterocycles. The number of para-hydroxylation sites is 1. The monoisotopic (exact) mass is 339 g/mol. The molecular weight excluding hydrogens is 314 g/mol. The van der Waals surface area contributed by atoms with Crippen LogP contribution in [0, 0.1) is 5.92 Å². The Hall–Kier alpha value is -1.60. The molecule has 2 rings (SSSR count). The molecule has 0 radical (unpaired) electrons. The van der Waals surface area contributed by atoms with Gasteiger partial charge in [0.05, 0.1) is 5.75 Å². The van der Waals surface area contributed by atoms with Gasteiger partial charge in [-0.25, -0.2) is 13.6 Å². The maximum atomic E-state index is 12.0. The Bertz CT molecular complexity index is 619. The van der Waals surface area contributed by atoms with Gasteiger partial charge in [-0.1, -0.05) is 18.2 Å². The number of amides is 1. The molecule has 1 fully saturated rings. The summed E-state index contributed by atoms with van der Waals surface area (Å²) in [5, 5.41) is 4.94. The number of anilines is 1. The van der Waals surface area contributed by atoms with E-state index in [4.69, 9.17) is 5.14 Å². The molecule has 1 aromatic rings. The minimum Gasteiger partial charge on any atom is -0.371 e. The second-order valence-corrected chi connectivity index (χ2v) is 7.92. The molecule has 1 heterocycles. The van der Waals surface area contributed by atoms with E-state index in [-0.39, 0.29) is 24.5 Å². The number of sulfonamides is 1. The normalized spacial score (nSPS) is 18.2. The highest BCUT2D eigenvalue weighted by atomic mass is 32.2. The van der Waals surface area contributed by atoms with Crippen molar-refractivity contribution in [3.05, 3.63) is 30.3 Å². The lowest BCUT2D eigenvalue weighted by atomic mass is 10.1. The Morgan fingerprint density at radius 2 is 2.04 bits per heavy atom. The van der Waals surface area contributed by atoms with Crippen LogP contribution in [0.4, 0.5) is 5.69 Å². The highest BCUT2D eigenvalue weighted by Gasteiger charge is 2.25. The van der Waals surface area contributed by atoms with Crippen LogP contribution in [-0.2, 0) is 14.8 Å². The molecule has 1 aliphatic rings. The summed E-state index contributed by atoms with van der Waals surface area (Å²) in [6.07, 6.45) is 1.56. The smallest absolute Gasteiger partial charge is 0.222 e. The first-order valence-electron chi connectivity index (χ1n) is 7.89. The first-order chi connectivity index (χ1) is 10.8. The van der Waals surface area contributed by atoms with Gasteiger partial charge in [-0.2, -0.15) is 0 Å². The van der Waals surface area contributed by atoms with Crippen LogP contribution in [0.3, 0.4) is 0 Å². The number of hydrogen-bond acceptors (Lipinski definition) is 4. The van der Waals surface area contributed by atoms with Crippen molar-refractivity contribution in [2.24, 2.45) is 11.1 Å². The van der Waals surface area contributed by atoms with Crippen LogP contribution in [0.15, 0.2) is 30.3 Å². The summed E-state index contributed by atoms with van der Waals surface area (Å²) < 4.78 is 21.8. The van der Waals surface area contributed by atoms with Crippen molar-refractivity contribution >= 4 is 21.6 Å². The molecule has 2 N–H and O–H groups in total. The molecule has 1 amide bonds. The van der Waals surface area contributed by atoms with Gasteiger partial charge in [-0.3, -0.25) is 4.79 Å². The van der Waals surface area contributed by atoms with Gasteiger partial charge in [0.2, 0.25) is 15.9 Å². The van der Waals surface area contributed by atoms with Crippen molar-refractivity contribution in [2.75, 3.05) is 37.3 Å². The van der Waals surface area contributed by atoms with Crippen LogP contribution in [-0.4, -0.2) is 51.7 Å². The van der Waals surface area contributed by atoms with Crippen molar-refractivity contribution in [1.82, 2.24) is 4.90 Å². The lowest BCUT2D eigenvalue weighted by Gasteiger charge is -2.22. The van der Waals surface area contributed by atoms with E-state index in [2.05, 4.69) is 17.0 Å². The summed E-state index contributed by atoms with van der Waals surface area (Å²) in [6, 6.07) is 10.3. The number of carbonyl (C=O) groups excluding carboxylic acids is 1. The average Bonchev–Trinajstić information content (AvgIpc) is 2.95. The van der Waals surface area contributed by atoms with E-state index in [0.29, 0.717) is 12.5 Å². The van der Waals surface area contributed by atoms with Gasteiger partial charge >= 0.3 is 0 Å². The zero-order valence-corrected chi connectivity index (χ0v) is 14.3. The van der Waals surface area contributed by atoms with Crippen molar-refractivity contribution in [3.63, 3.8) is 0 Å². The van der Waals surface area contributed by atoms with E-state index in [9.17, 15) is 13.2 Å². The third-order valence-electron chi connectivity index (χ3n) is 4.18. The van der Waals surface area contributed by atoms with Crippen LogP contribution in [0.25, 0.3) is 0 Å². The van der Waals surface area contributed by atoms with Gasteiger partial charge in [0, 0.05) is 38.8 Å². The molecular formula is C16H25N3O3S. The van der Waals surface area contributed by atoms with E-state index in [1.807, 2.05) is 18.2 Å². The van der Waals surface area contributed by atoms with Crippen LogP contribution in [0.2, 0.25) is 0 Å². The number of carbonyl (C=O) groups is 1. The molecule has 1 saturated heterocycles. The van der Waals surface area contributed by atoms with E-state index < -0.39 is 10.0 Å². The van der Waals surface area contributed by atoms with E-state index in [0.717, 1.165) is 19.5 Å². The Kier molecular flexibility index (Phi) is 6.01. The molecule has 7 heteroatoms. The number of primary sulfonamides is 1. The fourth-order valence-electron chi connectivity index (χ4n) is 2.96. The van der Waals surface area contributed by atoms with Gasteiger partial charge in [0.15, 0.2) is 0 Å². The van der Waals surface area contributed by atoms with Crippen molar-refractivity contribution in [3.8, 4) is 0 Å². The summed E-state index contributed by atoms with van der Waals surface area (Å²) in [7, 11) is -1.70. The number of rotatable bonds is 7. The Labute approximate surface area is 138 Å². The molecule has 0 aromatic heterocycles. The molecule has 0 saturated carbocycles. The van der Waals surface area contributed by atoms with E-state index in [1.165, 1.54) is 5.69 Å². The predicted molar refractivity (Wildman–Crippen MR) is 91.6 cm³/mol. The van der Waals surface area contributed by atoms with Crippen molar-refractivity contribution in [1.29, 1.82) is 0 Å². The van der Waals surface area contributed by atoms with Crippen LogP contribution in [0.5, 0.6) is 0 Å². The first kappa shape index (κ1) is 17.7. The third-order valence-corrected chi connectivity index (χ3v) is 5.04. The molecule has 1 atom stereocenters. The fourth-order valence-corrected chi connectivity index (χ4v) is 3.51. The minimum atomic E-state index is -3.48. The molecule has 0 aliphatic carbocycles. The quantitative estimate of drug-likeness (QED) is 0.804. The second-order valence-electron chi connectivity index (χ2n) is 6.18. The zero-order chi connectivity index (χ0) is 16.9. The second kappa shape index (κ2) is 7.79. The maximum Gasteiger partial charge on any atom is 0.222 e. The van der Waals surface area contributed by atoms with Crippen molar-refractivity contribution < 1.29 is 13.2 Å². The van der Waals surface area contributed by atoms with Crippen molar-refractivity contribution in [2.45, 2.75) is 19.3 Å². The van der Waals surface area contributed by atoms with Gasteiger partial charge in [0.1, 0.15) is 0 Å². The molecule has 1 aromatic carbocycles. The third kappa shape index (κ3) is 5.84. The molecule has 0 spiro atoms. The average molecular weight is 339 g/mol. The standard InChI is InChI=1S/C16H25N3O3S/c1-18(16(20)8-5-11-23(17,21)22)12-14-9-10-19(13-14)15-6-3-2-4-7-15/h2-4,6-7,14H,5,8-13H2,1H3,(H2,17,21,22). The maximum absolute atomic E-state index is 12.0. The van der Waals surface area contributed by atoms with Gasteiger partial charge in [0.25, 0.3) is 0 Å². The summed E-state index contributed by atoms with van der Waals surface area (Å²) in [5.74, 6) is 0.284. The topological polar surface area (TPSA) is 83.7 Å². The van der Waals surface area contributed by atoms with E-state index >= 15 is 0 Å². The number of nitrogens with zero attached hydrogens (tertiary/aromatic N) is 2. The van der Waals surface area contributed by atoms with Crippen LogP contribution < -0.4 is 10.0 Å². The fraction of sp³-hybridized carbons (Fsp3) is 0.562.